The van der Waals surface area contributed by atoms with Crippen LogP contribution in [0.1, 0.15) is 42.9 Å². The van der Waals surface area contributed by atoms with Gasteiger partial charge in [-0.2, -0.15) is 15.3 Å². The fourth-order valence-electron chi connectivity index (χ4n) is 3.39. The lowest BCUT2D eigenvalue weighted by atomic mass is 10.0. The zero-order valence-electron chi connectivity index (χ0n) is 14.9. The van der Waals surface area contributed by atoms with Gasteiger partial charge in [-0.05, 0) is 36.6 Å². The van der Waals surface area contributed by atoms with E-state index in [1.165, 1.54) is 31.4 Å². The Morgan fingerprint density at radius 3 is 2.67 bits per heavy atom. The predicted octanol–water partition coefficient (Wildman–Crippen LogP) is 4.41. The molecule has 0 amide bonds. The van der Waals surface area contributed by atoms with E-state index in [4.69, 9.17) is 5.26 Å². The standard InChI is InChI=1S/C20H21N7/c21-11-9-14-5-7-16(8-6-14)23-20-22-12-10-18(25-20)24-19-13-17(26-27-19)15-3-1-2-4-15/h5-8,10,12-13,15H,1-4,9H2,(H3,22,23,24,25,26,27). The number of anilines is 4. The maximum Gasteiger partial charge on any atom is 0.229 e. The Morgan fingerprint density at radius 1 is 1.07 bits per heavy atom. The zero-order valence-corrected chi connectivity index (χ0v) is 14.9. The van der Waals surface area contributed by atoms with Gasteiger partial charge >= 0.3 is 0 Å². The van der Waals surface area contributed by atoms with E-state index in [1.54, 1.807) is 6.20 Å². The van der Waals surface area contributed by atoms with Crippen molar-refractivity contribution >= 4 is 23.3 Å². The summed E-state index contributed by atoms with van der Waals surface area (Å²) in [6, 6.07) is 13.7. The molecular formula is C20H21N7. The van der Waals surface area contributed by atoms with E-state index >= 15 is 0 Å². The molecule has 1 aliphatic rings. The summed E-state index contributed by atoms with van der Waals surface area (Å²) < 4.78 is 0. The van der Waals surface area contributed by atoms with Gasteiger partial charge in [-0.1, -0.05) is 25.0 Å². The molecule has 0 bridgehead atoms. The average Bonchev–Trinajstić information content (AvgIpc) is 3.36. The molecule has 0 atom stereocenters. The highest BCUT2D eigenvalue weighted by molar-refractivity contribution is 5.58. The van der Waals surface area contributed by atoms with Crippen molar-refractivity contribution in [1.29, 1.82) is 5.26 Å². The van der Waals surface area contributed by atoms with Crippen LogP contribution in [0, 0.1) is 11.3 Å². The number of nitriles is 1. The van der Waals surface area contributed by atoms with E-state index in [-0.39, 0.29) is 0 Å². The van der Waals surface area contributed by atoms with Gasteiger partial charge in [0, 0.05) is 29.6 Å². The molecule has 27 heavy (non-hydrogen) atoms. The van der Waals surface area contributed by atoms with Gasteiger partial charge in [0.05, 0.1) is 12.5 Å². The predicted molar refractivity (Wildman–Crippen MR) is 104 cm³/mol. The second kappa shape index (κ2) is 7.87. The van der Waals surface area contributed by atoms with Crippen LogP contribution in [0.5, 0.6) is 0 Å². The number of benzene rings is 1. The topological polar surface area (TPSA) is 102 Å². The first-order chi connectivity index (χ1) is 13.3. The fraction of sp³-hybridized carbons (Fsp3) is 0.300. The third kappa shape index (κ3) is 4.23. The summed E-state index contributed by atoms with van der Waals surface area (Å²) >= 11 is 0. The molecule has 2 heterocycles. The normalized spacial score (nSPS) is 14.0. The molecule has 3 N–H and O–H groups in total. The summed E-state index contributed by atoms with van der Waals surface area (Å²) in [5.74, 6) is 2.54. The van der Waals surface area contributed by atoms with Gasteiger partial charge in [0.15, 0.2) is 5.82 Å². The number of rotatable bonds is 6. The number of hydrogen-bond donors (Lipinski definition) is 3. The highest BCUT2D eigenvalue weighted by atomic mass is 15.2. The molecule has 0 saturated heterocycles. The van der Waals surface area contributed by atoms with Gasteiger partial charge in [0.2, 0.25) is 5.95 Å². The summed E-state index contributed by atoms with van der Waals surface area (Å²) in [7, 11) is 0. The van der Waals surface area contributed by atoms with Crippen molar-refractivity contribution < 1.29 is 0 Å². The molecule has 0 spiro atoms. The molecule has 3 aromatic rings. The van der Waals surface area contributed by atoms with Gasteiger partial charge < -0.3 is 10.6 Å². The summed E-state index contributed by atoms with van der Waals surface area (Å²) in [4.78, 5) is 8.75. The van der Waals surface area contributed by atoms with Crippen LogP contribution < -0.4 is 10.6 Å². The van der Waals surface area contributed by atoms with Gasteiger partial charge in [-0.15, -0.1) is 0 Å². The number of nitrogens with zero attached hydrogens (tertiary/aromatic N) is 4. The Labute approximate surface area is 157 Å². The van der Waals surface area contributed by atoms with Crippen molar-refractivity contribution in [1.82, 2.24) is 20.2 Å². The van der Waals surface area contributed by atoms with Crippen LogP contribution in [0.25, 0.3) is 0 Å². The van der Waals surface area contributed by atoms with Crippen molar-refractivity contribution in [2.45, 2.75) is 38.0 Å². The molecule has 1 aliphatic carbocycles. The average molecular weight is 359 g/mol. The quantitative estimate of drug-likeness (QED) is 0.602. The summed E-state index contributed by atoms with van der Waals surface area (Å²) in [5, 5.41) is 22.6. The third-order valence-electron chi connectivity index (χ3n) is 4.80. The summed E-state index contributed by atoms with van der Waals surface area (Å²) in [6.07, 6.45) is 7.16. The number of aromatic nitrogens is 4. The molecular weight excluding hydrogens is 338 g/mol. The van der Waals surface area contributed by atoms with Crippen LogP contribution in [0.2, 0.25) is 0 Å². The first kappa shape index (κ1) is 17.0. The first-order valence-corrected chi connectivity index (χ1v) is 9.18. The van der Waals surface area contributed by atoms with Crippen LogP contribution in [0.4, 0.5) is 23.3 Å². The molecule has 1 aromatic carbocycles. The SMILES string of the molecule is N#CCc1ccc(Nc2nccc(Nc3cc(C4CCCC4)[nH]n3)n2)cc1. The largest absolute Gasteiger partial charge is 0.324 e. The highest BCUT2D eigenvalue weighted by Gasteiger charge is 2.19. The number of nitrogens with one attached hydrogen (secondary N) is 3. The highest BCUT2D eigenvalue weighted by Crippen LogP contribution is 2.33. The number of hydrogen-bond acceptors (Lipinski definition) is 6. The van der Waals surface area contributed by atoms with Crippen LogP contribution >= 0.6 is 0 Å². The molecule has 0 radical (unpaired) electrons. The van der Waals surface area contributed by atoms with E-state index < -0.39 is 0 Å². The van der Waals surface area contributed by atoms with Gasteiger partial charge in [-0.25, -0.2) is 4.98 Å². The van der Waals surface area contributed by atoms with E-state index in [0.717, 1.165) is 17.1 Å². The second-order valence-corrected chi connectivity index (χ2v) is 6.74. The van der Waals surface area contributed by atoms with E-state index in [9.17, 15) is 0 Å². The van der Waals surface area contributed by atoms with Crippen molar-refractivity contribution in [3.05, 3.63) is 53.9 Å². The minimum Gasteiger partial charge on any atom is -0.324 e. The Morgan fingerprint density at radius 2 is 1.89 bits per heavy atom. The molecule has 0 unspecified atom stereocenters. The van der Waals surface area contributed by atoms with Crippen molar-refractivity contribution in [2.24, 2.45) is 0 Å². The van der Waals surface area contributed by atoms with Crippen molar-refractivity contribution in [3.63, 3.8) is 0 Å². The monoisotopic (exact) mass is 359 g/mol. The third-order valence-corrected chi connectivity index (χ3v) is 4.80. The maximum absolute atomic E-state index is 8.74. The van der Waals surface area contributed by atoms with Crippen LogP contribution in [-0.2, 0) is 6.42 Å². The fourth-order valence-corrected chi connectivity index (χ4v) is 3.39. The molecule has 1 saturated carbocycles. The van der Waals surface area contributed by atoms with E-state index in [1.807, 2.05) is 30.3 Å². The minimum absolute atomic E-state index is 0.405. The van der Waals surface area contributed by atoms with E-state index in [2.05, 4.69) is 42.9 Å². The van der Waals surface area contributed by atoms with Crippen molar-refractivity contribution in [2.75, 3.05) is 10.6 Å². The second-order valence-electron chi connectivity index (χ2n) is 6.74. The van der Waals surface area contributed by atoms with Crippen LogP contribution in [-0.4, -0.2) is 20.2 Å². The molecule has 0 aliphatic heterocycles. The first-order valence-electron chi connectivity index (χ1n) is 9.18. The van der Waals surface area contributed by atoms with Gasteiger partial charge in [-0.3, -0.25) is 5.10 Å². The summed E-state index contributed by atoms with van der Waals surface area (Å²) in [6.45, 7) is 0. The molecule has 7 nitrogen and oxygen atoms in total. The Hall–Kier alpha value is -3.40. The molecule has 4 rings (SSSR count). The van der Waals surface area contributed by atoms with Crippen LogP contribution in [0.15, 0.2) is 42.6 Å². The molecule has 1 fully saturated rings. The zero-order chi connectivity index (χ0) is 18.5. The lowest BCUT2D eigenvalue weighted by Gasteiger charge is -2.07. The molecule has 2 aromatic heterocycles. The molecule has 7 heteroatoms. The van der Waals surface area contributed by atoms with Crippen molar-refractivity contribution in [3.8, 4) is 6.07 Å². The Bertz CT molecular complexity index is 933. The lowest BCUT2D eigenvalue weighted by Crippen LogP contribution is -2.00. The minimum atomic E-state index is 0.405. The van der Waals surface area contributed by atoms with Gasteiger partial charge in [0.25, 0.3) is 0 Å². The smallest absolute Gasteiger partial charge is 0.229 e. The molecule has 136 valence electrons. The van der Waals surface area contributed by atoms with Crippen LogP contribution in [0.3, 0.4) is 0 Å². The Kier molecular flexibility index (Phi) is 4.97. The lowest BCUT2D eigenvalue weighted by molar-refractivity contribution is 0.693. The summed E-state index contributed by atoms with van der Waals surface area (Å²) in [5.41, 5.74) is 3.05. The maximum atomic E-state index is 8.74. The number of aromatic amines is 1. The van der Waals surface area contributed by atoms with E-state index in [0.29, 0.717) is 24.1 Å². The van der Waals surface area contributed by atoms with Gasteiger partial charge in [0.1, 0.15) is 5.82 Å². The number of H-pyrrole nitrogens is 1. The Balaban J connectivity index is 1.42.